The zero-order valence-corrected chi connectivity index (χ0v) is 15.1. The lowest BCUT2D eigenvalue weighted by Gasteiger charge is -2.28. The third-order valence-corrected chi connectivity index (χ3v) is 6.95. The lowest BCUT2D eigenvalue weighted by Crippen LogP contribution is -2.39. The number of nitrogens with one attached hydrogen (secondary N) is 2. The van der Waals surface area contributed by atoms with Crippen molar-refractivity contribution in [2.45, 2.75) is 54.9 Å². The molecule has 6 nitrogen and oxygen atoms in total. The Balaban J connectivity index is 0.00000192. The zero-order chi connectivity index (χ0) is 15.7. The number of amides is 1. The van der Waals surface area contributed by atoms with Crippen LogP contribution in [0.15, 0.2) is 16.3 Å². The second-order valence-electron chi connectivity index (χ2n) is 6.22. The summed E-state index contributed by atoms with van der Waals surface area (Å²) in [4.78, 5) is 12.8. The first kappa shape index (κ1) is 18.7. The molecule has 1 amide bonds. The van der Waals surface area contributed by atoms with Crippen LogP contribution in [-0.2, 0) is 21.4 Å². The number of primary sulfonamides is 1. The van der Waals surface area contributed by atoms with Gasteiger partial charge >= 0.3 is 0 Å². The number of fused-ring (bicyclic) bond motifs is 2. The number of rotatable bonds is 5. The summed E-state index contributed by atoms with van der Waals surface area (Å²) in [7, 11) is -3.65. The van der Waals surface area contributed by atoms with Crippen molar-refractivity contribution in [3.63, 3.8) is 0 Å². The van der Waals surface area contributed by atoms with E-state index in [1.165, 1.54) is 18.9 Å². The monoisotopic (exact) mass is 379 g/mol. The van der Waals surface area contributed by atoms with Gasteiger partial charge in [0.2, 0.25) is 15.9 Å². The maximum atomic E-state index is 12.1. The van der Waals surface area contributed by atoms with E-state index in [1.54, 1.807) is 6.07 Å². The minimum Gasteiger partial charge on any atom is -0.351 e. The molecule has 1 aromatic heterocycles. The molecule has 4 N–H and O–H groups in total. The summed E-state index contributed by atoms with van der Waals surface area (Å²) < 4.78 is 22.5. The largest absolute Gasteiger partial charge is 0.351 e. The highest BCUT2D eigenvalue weighted by Gasteiger charge is 2.34. The average Bonchev–Trinajstić information content (AvgIpc) is 3.03. The topological polar surface area (TPSA) is 101 Å². The Morgan fingerprint density at radius 3 is 2.52 bits per heavy atom. The molecule has 2 unspecified atom stereocenters. The van der Waals surface area contributed by atoms with Crippen LogP contribution in [0.4, 0.5) is 0 Å². The van der Waals surface area contributed by atoms with Crippen LogP contribution in [0, 0.1) is 5.92 Å². The summed E-state index contributed by atoms with van der Waals surface area (Å²) >= 11 is 1.10. The van der Waals surface area contributed by atoms with Crippen molar-refractivity contribution in [1.29, 1.82) is 0 Å². The molecule has 9 heteroatoms. The quantitative estimate of drug-likeness (QED) is 0.718. The predicted octanol–water partition coefficient (Wildman–Crippen LogP) is 1.35. The van der Waals surface area contributed by atoms with E-state index in [4.69, 9.17) is 5.14 Å². The molecule has 2 aliphatic heterocycles. The van der Waals surface area contributed by atoms with Gasteiger partial charge < -0.3 is 10.6 Å². The summed E-state index contributed by atoms with van der Waals surface area (Å²) in [6.45, 7) is 0.358. The van der Waals surface area contributed by atoms with Crippen LogP contribution in [-0.4, -0.2) is 26.4 Å². The highest BCUT2D eigenvalue weighted by atomic mass is 35.5. The number of hydrogen-bond donors (Lipinski definition) is 3. The van der Waals surface area contributed by atoms with Gasteiger partial charge in [-0.25, -0.2) is 13.6 Å². The third kappa shape index (κ3) is 4.90. The molecule has 3 rings (SSSR count). The first-order valence-corrected chi connectivity index (χ1v) is 9.90. The molecule has 130 valence electrons. The smallest absolute Gasteiger partial charge is 0.247 e. The Morgan fingerprint density at radius 2 is 1.96 bits per heavy atom. The van der Waals surface area contributed by atoms with Crippen molar-refractivity contribution in [3.8, 4) is 0 Å². The van der Waals surface area contributed by atoms with Gasteiger partial charge in [0.25, 0.3) is 0 Å². The molecule has 0 spiro atoms. The van der Waals surface area contributed by atoms with Gasteiger partial charge in [0.1, 0.15) is 4.21 Å². The van der Waals surface area contributed by atoms with Crippen LogP contribution in [0.1, 0.15) is 37.0 Å². The predicted molar refractivity (Wildman–Crippen MR) is 92.1 cm³/mol. The average molecular weight is 380 g/mol. The minimum atomic E-state index is -3.65. The fourth-order valence-electron chi connectivity index (χ4n) is 3.47. The fraction of sp³-hybridized carbons (Fsp3) is 0.643. The molecule has 2 saturated heterocycles. The molecular weight excluding hydrogens is 358 g/mol. The maximum Gasteiger partial charge on any atom is 0.247 e. The van der Waals surface area contributed by atoms with E-state index >= 15 is 0 Å². The van der Waals surface area contributed by atoms with E-state index < -0.39 is 10.0 Å². The number of sulfonamides is 1. The molecule has 2 atom stereocenters. The van der Waals surface area contributed by atoms with Crippen LogP contribution in [0.3, 0.4) is 0 Å². The van der Waals surface area contributed by atoms with Crippen molar-refractivity contribution in [1.82, 2.24) is 10.6 Å². The molecule has 0 aromatic carbocycles. The summed E-state index contributed by atoms with van der Waals surface area (Å²) in [5.41, 5.74) is 0. The van der Waals surface area contributed by atoms with Crippen molar-refractivity contribution in [2.75, 3.05) is 0 Å². The van der Waals surface area contributed by atoms with E-state index in [-0.39, 0.29) is 22.5 Å². The van der Waals surface area contributed by atoms with E-state index in [1.807, 2.05) is 0 Å². The molecule has 0 aliphatic carbocycles. The standard InChI is InChI=1S/C14H21N3O3S2.ClH/c15-22(19,20)14-4-3-12(21-14)8-16-13(18)7-9-5-10-1-2-11(6-9)17-10;/h3-4,9-11,17H,1-2,5-8H2,(H,16,18)(H2,15,19,20);1H. The Hall–Kier alpha value is -0.670. The van der Waals surface area contributed by atoms with Crippen LogP contribution < -0.4 is 15.8 Å². The van der Waals surface area contributed by atoms with Crippen molar-refractivity contribution >= 4 is 39.7 Å². The van der Waals surface area contributed by atoms with Gasteiger partial charge in [-0.2, -0.15) is 0 Å². The van der Waals surface area contributed by atoms with Gasteiger partial charge in [-0.05, 0) is 43.7 Å². The summed E-state index contributed by atoms with van der Waals surface area (Å²) in [6, 6.07) is 4.35. The van der Waals surface area contributed by atoms with Crippen molar-refractivity contribution < 1.29 is 13.2 Å². The van der Waals surface area contributed by atoms with Gasteiger partial charge in [-0.3, -0.25) is 4.79 Å². The Labute approximate surface area is 146 Å². The van der Waals surface area contributed by atoms with E-state index in [9.17, 15) is 13.2 Å². The van der Waals surface area contributed by atoms with Gasteiger partial charge in [0.15, 0.2) is 0 Å². The Morgan fingerprint density at radius 1 is 1.30 bits per heavy atom. The first-order chi connectivity index (χ1) is 10.4. The number of piperidine rings is 1. The van der Waals surface area contributed by atoms with Gasteiger partial charge in [-0.15, -0.1) is 23.7 Å². The minimum absolute atomic E-state index is 0. The molecule has 0 saturated carbocycles. The lowest BCUT2D eigenvalue weighted by atomic mass is 9.89. The molecule has 2 aliphatic rings. The Bertz CT molecular complexity index is 650. The fourth-order valence-corrected chi connectivity index (χ4v) is 5.19. The summed E-state index contributed by atoms with van der Waals surface area (Å²) in [5.74, 6) is 0.499. The number of thiophene rings is 1. The normalized spacial score (nSPS) is 26.6. The zero-order valence-electron chi connectivity index (χ0n) is 12.7. The molecule has 0 radical (unpaired) electrons. The second-order valence-corrected chi connectivity index (χ2v) is 9.18. The number of nitrogens with two attached hydrogens (primary N) is 1. The van der Waals surface area contributed by atoms with E-state index in [2.05, 4.69) is 10.6 Å². The SMILES string of the molecule is Cl.NS(=O)(=O)c1ccc(CNC(=O)CC2CC3CCC(C2)N3)s1. The molecular formula is C14H22ClN3O3S2. The first-order valence-electron chi connectivity index (χ1n) is 7.54. The van der Waals surface area contributed by atoms with Crippen LogP contribution in [0.25, 0.3) is 0 Å². The number of halogens is 1. The summed E-state index contributed by atoms with van der Waals surface area (Å²) in [5, 5.41) is 11.5. The van der Waals surface area contributed by atoms with E-state index in [0.717, 1.165) is 29.1 Å². The molecule has 2 bridgehead atoms. The van der Waals surface area contributed by atoms with Crippen molar-refractivity contribution in [3.05, 3.63) is 17.0 Å². The third-order valence-electron chi connectivity index (χ3n) is 4.42. The number of carbonyl (C=O) groups is 1. The van der Waals surface area contributed by atoms with Crippen LogP contribution in [0.2, 0.25) is 0 Å². The molecule has 23 heavy (non-hydrogen) atoms. The highest BCUT2D eigenvalue weighted by molar-refractivity contribution is 7.91. The van der Waals surface area contributed by atoms with Gasteiger partial charge in [0.05, 0.1) is 6.54 Å². The number of hydrogen-bond acceptors (Lipinski definition) is 5. The van der Waals surface area contributed by atoms with Crippen LogP contribution in [0.5, 0.6) is 0 Å². The molecule has 3 heterocycles. The van der Waals surface area contributed by atoms with Gasteiger partial charge in [0, 0.05) is 23.4 Å². The maximum absolute atomic E-state index is 12.1. The highest BCUT2D eigenvalue weighted by Crippen LogP contribution is 2.32. The van der Waals surface area contributed by atoms with Gasteiger partial charge in [-0.1, -0.05) is 0 Å². The molecule has 1 aromatic rings. The Kier molecular flexibility index (Phi) is 6.07. The molecule has 2 fully saturated rings. The van der Waals surface area contributed by atoms with E-state index in [0.29, 0.717) is 31.0 Å². The number of carbonyl (C=O) groups excluding carboxylic acids is 1. The summed E-state index contributed by atoms with van der Waals surface area (Å²) in [6.07, 6.45) is 5.18. The lowest BCUT2D eigenvalue weighted by molar-refractivity contribution is -0.122. The second kappa shape index (κ2) is 7.48. The van der Waals surface area contributed by atoms with Crippen LogP contribution >= 0.6 is 23.7 Å². The van der Waals surface area contributed by atoms with Crippen molar-refractivity contribution in [2.24, 2.45) is 11.1 Å².